The molecule has 0 aliphatic carbocycles. The molecule has 2 aromatic carbocycles. The number of non-ortho nitro benzene ring substituents is 1. The van der Waals surface area contributed by atoms with Crippen LogP contribution in [0.15, 0.2) is 48.5 Å². The number of nitro groups is 1. The van der Waals surface area contributed by atoms with E-state index in [0.717, 1.165) is 5.56 Å². The highest BCUT2D eigenvalue weighted by atomic mass is 16.6. The molecule has 0 fully saturated rings. The molecule has 1 amide bonds. The van der Waals surface area contributed by atoms with E-state index < -0.39 is 11.0 Å². The fourth-order valence-electron chi connectivity index (χ4n) is 2.10. The maximum atomic E-state index is 12.3. The van der Waals surface area contributed by atoms with Crippen LogP contribution in [0.5, 0.6) is 5.75 Å². The normalized spacial score (nSPS) is 11.6. The quantitative estimate of drug-likeness (QED) is 0.651. The molecule has 1 N–H and O–H groups in total. The van der Waals surface area contributed by atoms with Crippen LogP contribution in [-0.2, 0) is 4.79 Å². The number of rotatable bonds is 6. The molecule has 0 saturated carbocycles. The average molecular weight is 314 g/mol. The van der Waals surface area contributed by atoms with E-state index in [9.17, 15) is 14.9 Å². The first kappa shape index (κ1) is 16.5. The van der Waals surface area contributed by atoms with Crippen molar-refractivity contribution in [3.63, 3.8) is 0 Å². The second-order valence-corrected chi connectivity index (χ2v) is 5.13. The monoisotopic (exact) mass is 314 g/mol. The van der Waals surface area contributed by atoms with Gasteiger partial charge in [-0.1, -0.05) is 25.1 Å². The van der Waals surface area contributed by atoms with Crippen LogP contribution in [0.4, 0.5) is 11.4 Å². The number of anilines is 1. The summed E-state index contributed by atoms with van der Waals surface area (Å²) in [6, 6.07) is 13.3. The van der Waals surface area contributed by atoms with Gasteiger partial charge in [0.25, 0.3) is 11.6 Å². The largest absolute Gasteiger partial charge is 0.481 e. The highest BCUT2D eigenvalue weighted by Crippen LogP contribution is 2.19. The lowest BCUT2D eigenvalue weighted by Crippen LogP contribution is -2.32. The van der Waals surface area contributed by atoms with Crippen molar-refractivity contribution in [2.45, 2.75) is 26.4 Å². The average Bonchev–Trinajstić information content (AvgIpc) is 2.52. The number of hydrogen-bond acceptors (Lipinski definition) is 4. The molecule has 6 heteroatoms. The third-order valence-corrected chi connectivity index (χ3v) is 3.26. The van der Waals surface area contributed by atoms with Crippen molar-refractivity contribution in [2.24, 2.45) is 0 Å². The van der Waals surface area contributed by atoms with E-state index in [-0.39, 0.29) is 11.6 Å². The van der Waals surface area contributed by atoms with Gasteiger partial charge in [0.1, 0.15) is 5.75 Å². The second-order valence-electron chi connectivity index (χ2n) is 5.13. The summed E-state index contributed by atoms with van der Waals surface area (Å²) in [7, 11) is 0. The van der Waals surface area contributed by atoms with E-state index in [1.54, 1.807) is 12.1 Å². The van der Waals surface area contributed by atoms with Gasteiger partial charge in [0.2, 0.25) is 0 Å². The molecule has 6 nitrogen and oxygen atoms in total. The Kier molecular flexibility index (Phi) is 5.30. The molecule has 0 aliphatic heterocycles. The summed E-state index contributed by atoms with van der Waals surface area (Å²) in [6.45, 7) is 3.78. The molecule has 2 rings (SSSR count). The summed E-state index contributed by atoms with van der Waals surface area (Å²) in [5, 5.41) is 13.4. The minimum atomic E-state index is -0.670. The van der Waals surface area contributed by atoms with Crippen molar-refractivity contribution in [2.75, 3.05) is 5.32 Å². The minimum Gasteiger partial charge on any atom is -0.481 e. The molecule has 0 saturated heterocycles. The van der Waals surface area contributed by atoms with Crippen molar-refractivity contribution in [3.8, 4) is 5.75 Å². The van der Waals surface area contributed by atoms with E-state index in [2.05, 4.69) is 5.32 Å². The van der Waals surface area contributed by atoms with Crippen LogP contribution < -0.4 is 10.1 Å². The SMILES string of the molecule is CC[C@@H](Oc1cccc(C)c1)C(=O)Nc1cccc([N+](=O)[O-])c1. The van der Waals surface area contributed by atoms with Crippen molar-refractivity contribution < 1.29 is 14.5 Å². The Labute approximate surface area is 134 Å². The molecule has 0 spiro atoms. The van der Waals surface area contributed by atoms with E-state index in [1.807, 2.05) is 32.0 Å². The van der Waals surface area contributed by atoms with Crippen LogP contribution in [0.1, 0.15) is 18.9 Å². The predicted molar refractivity (Wildman–Crippen MR) is 87.6 cm³/mol. The number of nitrogens with zero attached hydrogens (tertiary/aromatic N) is 1. The van der Waals surface area contributed by atoms with E-state index >= 15 is 0 Å². The number of amides is 1. The van der Waals surface area contributed by atoms with Gasteiger partial charge in [0.05, 0.1) is 4.92 Å². The highest BCUT2D eigenvalue weighted by molar-refractivity contribution is 5.94. The fraction of sp³-hybridized carbons (Fsp3) is 0.235. The van der Waals surface area contributed by atoms with Crippen molar-refractivity contribution in [1.29, 1.82) is 0 Å². The summed E-state index contributed by atoms with van der Waals surface area (Å²) in [5.41, 5.74) is 1.34. The van der Waals surface area contributed by atoms with Crippen LogP contribution in [0.3, 0.4) is 0 Å². The number of nitro benzene ring substituents is 1. The van der Waals surface area contributed by atoms with Gasteiger partial charge in [0.15, 0.2) is 6.10 Å². The third-order valence-electron chi connectivity index (χ3n) is 3.26. The highest BCUT2D eigenvalue weighted by Gasteiger charge is 2.19. The zero-order valence-corrected chi connectivity index (χ0v) is 13.0. The van der Waals surface area contributed by atoms with E-state index in [1.165, 1.54) is 18.2 Å². The van der Waals surface area contributed by atoms with Crippen LogP contribution >= 0.6 is 0 Å². The van der Waals surface area contributed by atoms with E-state index in [0.29, 0.717) is 17.9 Å². The standard InChI is InChI=1S/C17H18N2O4/c1-3-16(23-15-9-4-6-12(2)10-15)17(20)18-13-7-5-8-14(11-13)19(21)22/h4-11,16H,3H2,1-2H3,(H,18,20)/t16-/m1/s1. The Hall–Kier alpha value is -2.89. The van der Waals surface area contributed by atoms with Gasteiger partial charge in [-0.25, -0.2) is 0 Å². The Bertz CT molecular complexity index is 715. The lowest BCUT2D eigenvalue weighted by molar-refractivity contribution is -0.384. The minimum absolute atomic E-state index is 0.0737. The molecule has 0 aromatic heterocycles. The Morgan fingerprint density at radius 2 is 2.00 bits per heavy atom. The van der Waals surface area contributed by atoms with Crippen LogP contribution in [0.2, 0.25) is 0 Å². The number of nitrogens with one attached hydrogen (secondary N) is 1. The third kappa shape index (κ3) is 4.54. The molecule has 120 valence electrons. The summed E-state index contributed by atoms with van der Waals surface area (Å²) >= 11 is 0. The first-order valence-electron chi connectivity index (χ1n) is 7.28. The fourth-order valence-corrected chi connectivity index (χ4v) is 2.10. The smallest absolute Gasteiger partial charge is 0.271 e. The van der Waals surface area contributed by atoms with Gasteiger partial charge >= 0.3 is 0 Å². The molecule has 0 unspecified atom stereocenters. The zero-order valence-electron chi connectivity index (χ0n) is 13.0. The van der Waals surface area contributed by atoms with Crippen molar-refractivity contribution in [3.05, 3.63) is 64.2 Å². The summed E-state index contributed by atoms with van der Waals surface area (Å²) < 4.78 is 5.71. The van der Waals surface area contributed by atoms with Gasteiger partial charge in [-0.2, -0.15) is 0 Å². The number of ether oxygens (including phenoxy) is 1. The topological polar surface area (TPSA) is 81.5 Å². The van der Waals surface area contributed by atoms with Gasteiger partial charge in [-0.3, -0.25) is 14.9 Å². The second kappa shape index (κ2) is 7.40. The maximum absolute atomic E-state index is 12.3. The summed E-state index contributed by atoms with van der Waals surface area (Å²) in [4.78, 5) is 22.6. The number of carbonyl (C=O) groups excluding carboxylic acids is 1. The lowest BCUT2D eigenvalue weighted by Gasteiger charge is -2.17. The number of aryl methyl sites for hydroxylation is 1. The van der Waals surface area contributed by atoms with Gasteiger partial charge < -0.3 is 10.1 Å². The molecule has 0 heterocycles. The van der Waals surface area contributed by atoms with Crippen LogP contribution in [-0.4, -0.2) is 16.9 Å². The van der Waals surface area contributed by atoms with Crippen LogP contribution in [0, 0.1) is 17.0 Å². The number of hydrogen-bond donors (Lipinski definition) is 1. The van der Waals surface area contributed by atoms with Crippen molar-refractivity contribution in [1.82, 2.24) is 0 Å². The molecule has 0 aliphatic rings. The lowest BCUT2D eigenvalue weighted by atomic mass is 10.2. The Morgan fingerprint density at radius 3 is 2.65 bits per heavy atom. The molecule has 1 atom stereocenters. The van der Waals surface area contributed by atoms with E-state index in [4.69, 9.17) is 4.74 Å². The predicted octanol–water partition coefficient (Wildman–Crippen LogP) is 3.70. The van der Waals surface area contributed by atoms with Crippen LogP contribution in [0.25, 0.3) is 0 Å². The van der Waals surface area contributed by atoms with Crippen molar-refractivity contribution >= 4 is 17.3 Å². The number of benzene rings is 2. The Morgan fingerprint density at radius 1 is 1.26 bits per heavy atom. The summed E-state index contributed by atoms with van der Waals surface area (Å²) in [5.74, 6) is 0.278. The zero-order chi connectivity index (χ0) is 16.8. The Balaban J connectivity index is 2.08. The molecular formula is C17H18N2O4. The molecule has 23 heavy (non-hydrogen) atoms. The van der Waals surface area contributed by atoms with Gasteiger partial charge in [-0.15, -0.1) is 0 Å². The molecule has 0 bridgehead atoms. The molecule has 2 aromatic rings. The maximum Gasteiger partial charge on any atom is 0.271 e. The molecule has 0 radical (unpaired) electrons. The van der Waals surface area contributed by atoms with Gasteiger partial charge in [0, 0.05) is 17.8 Å². The molecular weight excluding hydrogens is 296 g/mol. The number of carbonyl (C=O) groups is 1. The first-order chi connectivity index (χ1) is 11.0. The first-order valence-corrected chi connectivity index (χ1v) is 7.28. The summed E-state index contributed by atoms with van der Waals surface area (Å²) in [6.07, 6.45) is -0.189. The van der Waals surface area contributed by atoms with Gasteiger partial charge in [-0.05, 0) is 37.1 Å².